The third kappa shape index (κ3) is 5.28. The Morgan fingerprint density at radius 2 is 1.97 bits per heavy atom. The van der Waals surface area contributed by atoms with Gasteiger partial charge < -0.3 is 9.73 Å². The quantitative estimate of drug-likeness (QED) is 0.484. The van der Waals surface area contributed by atoms with Gasteiger partial charge in [-0.15, -0.1) is 0 Å². The number of aromatic amines is 1. The zero-order valence-corrected chi connectivity index (χ0v) is 18.1. The van der Waals surface area contributed by atoms with Crippen LogP contribution in [0.3, 0.4) is 0 Å². The van der Waals surface area contributed by atoms with Gasteiger partial charge in [0, 0.05) is 17.3 Å². The summed E-state index contributed by atoms with van der Waals surface area (Å²) in [6.07, 6.45) is -4.64. The molecule has 3 N–H and O–H groups in total. The van der Waals surface area contributed by atoms with Crippen molar-refractivity contribution in [2.75, 3.05) is 4.72 Å². The number of carbonyl (C=O) groups excluding carboxylic acids is 1. The first-order valence-corrected chi connectivity index (χ1v) is 10.9. The van der Waals surface area contributed by atoms with E-state index in [2.05, 4.69) is 20.1 Å². The molecule has 0 aliphatic heterocycles. The number of sulfonamides is 1. The van der Waals surface area contributed by atoms with Crippen molar-refractivity contribution >= 4 is 21.6 Å². The summed E-state index contributed by atoms with van der Waals surface area (Å²) < 4.78 is 70.1. The minimum atomic E-state index is -4.64. The molecule has 2 aromatic heterocycles. The van der Waals surface area contributed by atoms with E-state index < -0.39 is 38.7 Å². The molecule has 0 fully saturated rings. The third-order valence-corrected chi connectivity index (χ3v) is 6.18. The molecule has 1 aromatic carbocycles. The Kier molecular flexibility index (Phi) is 6.30. The molecule has 0 saturated carbocycles. The summed E-state index contributed by atoms with van der Waals surface area (Å²) in [5, 5.41) is 6.95. The second-order valence-corrected chi connectivity index (χ2v) is 9.38. The highest BCUT2D eigenvalue weighted by Gasteiger charge is 2.33. The van der Waals surface area contributed by atoms with Crippen molar-refractivity contribution in [1.29, 1.82) is 0 Å². The number of alkyl halides is 3. The lowest BCUT2D eigenvalue weighted by molar-refractivity contribution is -0.141. The molecule has 0 aliphatic carbocycles. The molecule has 0 aliphatic rings. The van der Waals surface area contributed by atoms with Gasteiger partial charge in [0.15, 0.2) is 5.69 Å². The van der Waals surface area contributed by atoms with E-state index in [0.717, 1.165) is 0 Å². The number of amides is 1. The van der Waals surface area contributed by atoms with Crippen molar-refractivity contribution in [2.24, 2.45) is 0 Å². The van der Waals surface area contributed by atoms with Crippen molar-refractivity contribution in [3.05, 3.63) is 53.2 Å². The Labute approximate surface area is 181 Å². The van der Waals surface area contributed by atoms with Crippen LogP contribution in [0.5, 0.6) is 0 Å². The van der Waals surface area contributed by atoms with Gasteiger partial charge in [-0.3, -0.25) is 14.6 Å². The molecule has 2 heterocycles. The normalized spacial score (nSPS) is 12.2. The predicted molar refractivity (Wildman–Crippen MR) is 109 cm³/mol. The molecule has 3 rings (SSSR count). The Morgan fingerprint density at radius 3 is 2.59 bits per heavy atom. The summed E-state index contributed by atoms with van der Waals surface area (Å²) in [6, 6.07) is 7.04. The molecule has 0 atom stereocenters. The number of H-pyrrole nitrogens is 1. The number of anilines is 1. The number of rotatable bonds is 7. The molecule has 1 amide bonds. The Bertz CT molecular complexity index is 1230. The number of halogens is 3. The summed E-state index contributed by atoms with van der Waals surface area (Å²) in [4.78, 5) is 16.4. The van der Waals surface area contributed by atoms with E-state index in [1.807, 2.05) is 0 Å². The molecule has 0 unspecified atom stereocenters. The predicted octanol–water partition coefficient (Wildman–Crippen LogP) is 3.47. The summed E-state index contributed by atoms with van der Waals surface area (Å²) in [6.45, 7) is 4.61. The Hall–Kier alpha value is -3.35. The number of aryl methyl sites for hydroxylation is 1. The number of nitrogens with one attached hydrogen (secondary N) is 3. The van der Waals surface area contributed by atoms with Crippen molar-refractivity contribution in [3.8, 4) is 11.5 Å². The summed E-state index contributed by atoms with van der Waals surface area (Å²) in [5.41, 5.74) is -0.356. The zero-order valence-electron chi connectivity index (χ0n) is 17.2. The van der Waals surface area contributed by atoms with Crippen LogP contribution in [-0.2, 0) is 22.7 Å². The average molecular weight is 471 g/mol. The summed E-state index contributed by atoms with van der Waals surface area (Å²) in [7, 11) is -3.53. The minimum absolute atomic E-state index is 0.109. The van der Waals surface area contributed by atoms with Crippen LogP contribution in [-0.4, -0.2) is 34.8 Å². The Balaban J connectivity index is 1.72. The number of benzene rings is 1. The second kappa shape index (κ2) is 8.65. The lowest BCUT2D eigenvalue weighted by atomic mass is 10.2. The van der Waals surface area contributed by atoms with Gasteiger partial charge in [-0.2, -0.15) is 18.3 Å². The largest absolute Gasteiger partial charge is 0.441 e. The molecule has 172 valence electrons. The van der Waals surface area contributed by atoms with E-state index in [1.165, 1.54) is 0 Å². The van der Waals surface area contributed by atoms with E-state index in [0.29, 0.717) is 28.8 Å². The van der Waals surface area contributed by atoms with Crippen molar-refractivity contribution < 1.29 is 30.8 Å². The second-order valence-electron chi connectivity index (χ2n) is 7.15. The van der Waals surface area contributed by atoms with Crippen molar-refractivity contribution in [2.45, 2.75) is 38.7 Å². The monoisotopic (exact) mass is 471 g/mol. The number of hydrogen-bond acceptors (Lipinski definition) is 6. The fourth-order valence-electron chi connectivity index (χ4n) is 2.55. The summed E-state index contributed by atoms with van der Waals surface area (Å²) >= 11 is 0. The van der Waals surface area contributed by atoms with Crippen LogP contribution in [0.15, 0.2) is 34.7 Å². The first-order chi connectivity index (χ1) is 14.9. The van der Waals surface area contributed by atoms with Crippen LogP contribution >= 0.6 is 0 Å². The fraction of sp³-hybridized carbons (Fsp3) is 0.316. The van der Waals surface area contributed by atoms with E-state index >= 15 is 0 Å². The number of nitrogens with zero attached hydrogens (tertiary/aromatic N) is 2. The third-order valence-electron chi connectivity index (χ3n) is 4.42. The number of aromatic nitrogens is 3. The lowest BCUT2D eigenvalue weighted by Gasteiger charge is -2.11. The maximum Gasteiger partial charge on any atom is 0.432 e. The molecule has 9 nitrogen and oxygen atoms in total. The number of carbonyl (C=O) groups is 1. The SMILES string of the molecule is Cc1oc(-c2cccc(NS(=O)(=O)C(C)C)c2)nc1CNC(=O)c1cc(C(F)(F)F)[nH]n1. The first kappa shape index (κ1) is 23.3. The van der Waals surface area contributed by atoms with Crippen LogP contribution in [0.4, 0.5) is 18.9 Å². The lowest BCUT2D eigenvalue weighted by Crippen LogP contribution is -2.23. The van der Waals surface area contributed by atoms with Gasteiger partial charge in [0.05, 0.1) is 11.8 Å². The van der Waals surface area contributed by atoms with Crippen LogP contribution in [0.2, 0.25) is 0 Å². The minimum Gasteiger partial charge on any atom is -0.441 e. The van der Waals surface area contributed by atoms with Gasteiger partial charge in [-0.25, -0.2) is 13.4 Å². The van der Waals surface area contributed by atoms with Gasteiger partial charge >= 0.3 is 6.18 Å². The standard InChI is InChI=1S/C19H20F3N5O4S/c1-10(2)32(29,30)27-13-6-4-5-12(7-13)18-24-15(11(3)31-18)9-23-17(28)14-8-16(26-25-14)19(20,21)22/h4-8,10,27H,9H2,1-3H3,(H,23,28)(H,25,26). The molecule has 0 spiro atoms. The van der Waals surface area contributed by atoms with E-state index in [9.17, 15) is 26.4 Å². The molecule has 32 heavy (non-hydrogen) atoms. The van der Waals surface area contributed by atoms with Gasteiger partial charge in [-0.05, 0) is 39.0 Å². The van der Waals surface area contributed by atoms with Gasteiger partial charge in [0.25, 0.3) is 5.91 Å². The summed E-state index contributed by atoms with van der Waals surface area (Å²) in [5.74, 6) is -0.242. The zero-order chi connectivity index (χ0) is 23.7. The van der Waals surface area contributed by atoms with E-state index in [-0.39, 0.29) is 12.4 Å². The molecule has 0 bridgehead atoms. The van der Waals surface area contributed by atoms with Crippen LogP contribution in [0.1, 0.15) is 41.5 Å². The first-order valence-electron chi connectivity index (χ1n) is 9.36. The number of oxazole rings is 1. The molecule has 13 heteroatoms. The number of hydrogen-bond donors (Lipinski definition) is 3. The van der Waals surface area contributed by atoms with Gasteiger partial charge in [0.2, 0.25) is 15.9 Å². The Morgan fingerprint density at radius 1 is 1.25 bits per heavy atom. The van der Waals surface area contributed by atoms with Crippen molar-refractivity contribution in [3.63, 3.8) is 0 Å². The smallest absolute Gasteiger partial charge is 0.432 e. The van der Waals surface area contributed by atoms with Crippen LogP contribution in [0, 0.1) is 6.92 Å². The maximum atomic E-state index is 12.6. The molecule has 3 aromatic rings. The van der Waals surface area contributed by atoms with Crippen LogP contribution < -0.4 is 10.0 Å². The molecule has 0 saturated heterocycles. The van der Waals surface area contributed by atoms with Gasteiger partial charge in [-0.1, -0.05) is 6.07 Å². The topological polar surface area (TPSA) is 130 Å². The molecular formula is C19H20F3N5O4S. The molecule has 0 radical (unpaired) electrons. The van der Waals surface area contributed by atoms with Crippen molar-refractivity contribution in [1.82, 2.24) is 20.5 Å². The van der Waals surface area contributed by atoms with Gasteiger partial charge in [0.1, 0.15) is 17.1 Å². The fourth-order valence-corrected chi connectivity index (χ4v) is 3.24. The average Bonchev–Trinajstić information content (AvgIpc) is 3.33. The highest BCUT2D eigenvalue weighted by atomic mass is 32.2. The van der Waals surface area contributed by atoms with Crippen LogP contribution in [0.25, 0.3) is 11.5 Å². The van der Waals surface area contributed by atoms with E-state index in [1.54, 1.807) is 50.1 Å². The van der Waals surface area contributed by atoms with E-state index in [4.69, 9.17) is 4.42 Å². The maximum absolute atomic E-state index is 12.6. The highest BCUT2D eigenvalue weighted by Crippen LogP contribution is 2.28. The molecular weight excluding hydrogens is 451 g/mol. The highest BCUT2D eigenvalue weighted by molar-refractivity contribution is 7.93.